The van der Waals surface area contributed by atoms with Gasteiger partial charge >= 0.3 is 6.09 Å². The Hall–Kier alpha value is -1.62. The molecule has 0 unspecified atom stereocenters. The van der Waals surface area contributed by atoms with Gasteiger partial charge in [-0.1, -0.05) is 6.07 Å². The summed E-state index contributed by atoms with van der Waals surface area (Å²) in [6, 6.07) is 5.55. The van der Waals surface area contributed by atoms with Gasteiger partial charge in [-0.05, 0) is 51.7 Å². The largest absolute Gasteiger partial charge is 0.444 e. The molecule has 1 amide bonds. The van der Waals surface area contributed by atoms with Crippen LogP contribution in [-0.4, -0.2) is 39.8 Å². The van der Waals surface area contributed by atoms with Crippen LogP contribution in [0.3, 0.4) is 0 Å². The topological polar surface area (TPSA) is 62.7 Å². The molecule has 0 spiro atoms. The van der Waals surface area contributed by atoms with E-state index in [1.54, 1.807) is 11.1 Å². The maximum Gasteiger partial charge on any atom is 0.410 e. The van der Waals surface area contributed by atoms with Crippen molar-refractivity contribution in [1.82, 2.24) is 9.88 Å². The molecule has 116 valence electrons. The first-order valence-corrected chi connectivity index (χ1v) is 7.44. The molecule has 1 saturated heterocycles. The number of aliphatic hydroxyl groups is 1. The van der Waals surface area contributed by atoms with Gasteiger partial charge in [0.2, 0.25) is 0 Å². The molecule has 5 nitrogen and oxygen atoms in total. The Labute approximate surface area is 125 Å². The highest BCUT2D eigenvalue weighted by molar-refractivity contribution is 5.68. The van der Waals surface area contributed by atoms with Gasteiger partial charge in [0.15, 0.2) is 0 Å². The average molecular weight is 292 g/mol. The second-order valence-corrected chi connectivity index (χ2v) is 6.50. The van der Waals surface area contributed by atoms with Crippen LogP contribution in [0.25, 0.3) is 0 Å². The first kappa shape index (κ1) is 15.8. The SMILES string of the molecule is CC(C)(C)OC(=O)N1CCC([C@H](O)c2ccccn2)CC1. The van der Waals surface area contributed by atoms with E-state index in [1.165, 1.54) is 0 Å². The van der Waals surface area contributed by atoms with Crippen molar-refractivity contribution in [2.24, 2.45) is 5.92 Å². The summed E-state index contributed by atoms with van der Waals surface area (Å²) in [5.74, 6) is 0.138. The molecule has 1 atom stereocenters. The molecule has 1 aliphatic heterocycles. The smallest absolute Gasteiger partial charge is 0.410 e. The first-order chi connectivity index (χ1) is 9.87. The molecule has 0 aliphatic carbocycles. The van der Waals surface area contributed by atoms with Crippen LogP contribution in [-0.2, 0) is 4.74 Å². The molecule has 2 rings (SSSR count). The number of hydrogen-bond donors (Lipinski definition) is 1. The van der Waals surface area contributed by atoms with Gasteiger partial charge < -0.3 is 14.7 Å². The minimum atomic E-state index is -0.563. The molecule has 1 fully saturated rings. The lowest BCUT2D eigenvalue weighted by Gasteiger charge is -2.35. The summed E-state index contributed by atoms with van der Waals surface area (Å²) in [5.41, 5.74) is 0.231. The normalized spacial score (nSPS) is 18.4. The molecule has 1 aromatic rings. The molecule has 2 heterocycles. The van der Waals surface area contributed by atoms with Gasteiger partial charge in [0.1, 0.15) is 5.60 Å². The monoisotopic (exact) mass is 292 g/mol. The van der Waals surface area contributed by atoms with E-state index in [0.717, 1.165) is 12.8 Å². The van der Waals surface area contributed by atoms with Gasteiger partial charge in [0, 0.05) is 19.3 Å². The number of aliphatic hydroxyl groups excluding tert-OH is 1. The van der Waals surface area contributed by atoms with Gasteiger partial charge in [0.05, 0.1) is 11.8 Å². The van der Waals surface area contributed by atoms with Crippen LogP contribution < -0.4 is 0 Å². The minimum absolute atomic E-state index is 0.138. The molecule has 0 aromatic carbocycles. The maximum atomic E-state index is 12.0. The molecule has 1 aromatic heterocycles. The Bertz CT molecular complexity index is 462. The van der Waals surface area contributed by atoms with Crippen molar-refractivity contribution < 1.29 is 14.6 Å². The van der Waals surface area contributed by atoms with Crippen LogP contribution >= 0.6 is 0 Å². The number of ether oxygens (including phenoxy) is 1. The zero-order chi connectivity index (χ0) is 15.5. The number of pyridine rings is 1. The summed E-state index contributed by atoms with van der Waals surface area (Å²) in [4.78, 5) is 17.9. The first-order valence-electron chi connectivity index (χ1n) is 7.44. The number of carbonyl (C=O) groups is 1. The van der Waals surface area contributed by atoms with Gasteiger partial charge in [-0.3, -0.25) is 4.98 Å². The number of likely N-dealkylation sites (tertiary alicyclic amines) is 1. The van der Waals surface area contributed by atoms with E-state index in [-0.39, 0.29) is 12.0 Å². The third-order valence-corrected chi connectivity index (χ3v) is 3.63. The Balaban J connectivity index is 1.87. The molecule has 1 aliphatic rings. The van der Waals surface area contributed by atoms with Crippen molar-refractivity contribution in [3.05, 3.63) is 30.1 Å². The van der Waals surface area contributed by atoms with Crippen LogP contribution in [0, 0.1) is 5.92 Å². The zero-order valence-corrected chi connectivity index (χ0v) is 13.0. The lowest BCUT2D eigenvalue weighted by molar-refractivity contribution is 0.00715. The lowest BCUT2D eigenvalue weighted by Crippen LogP contribution is -2.42. The molecule has 0 bridgehead atoms. The number of piperidine rings is 1. The molecular weight excluding hydrogens is 268 g/mol. The Morgan fingerprint density at radius 3 is 2.57 bits per heavy atom. The van der Waals surface area contributed by atoms with E-state index >= 15 is 0 Å². The fourth-order valence-electron chi connectivity index (χ4n) is 2.52. The second kappa shape index (κ2) is 6.43. The highest BCUT2D eigenvalue weighted by atomic mass is 16.6. The fourth-order valence-corrected chi connectivity index (χ4v) is 2.52. The van der Waals surface area contributed by atoms with Crippen LogP contribution in [0.15, 0.2) is 24.4 Å². The Morgan fingerprint density at radius 2 is 2.05 bits per heavy atom. The van der Waals surface area contributed by atoms with Crippen molar-refractivity contribution >= 4 is 6.09 Å². The molecule has 1 N–H and O–H groups in total. The zero-order valence-electron chi connectivity index (χ0n) is 13.0. The molecule has 21 heavy (non-hydrogen) atoms. The third kappa shape index (κ3) is 4.43. The van der Waals surface area contributed by atoms with Gasteiger partial charge in [-0.15, -0.1) is 0 Å². The standard InChI is InChI=1S/C16H24N2O3/c1-16(2,3)21-15(20)18-10-7-12(8-11-18)14(19)13-6-4-5-9-17-13/h4-6,9,12,14,19H,7-8,10-11H2,1-3H3/t14-/m0/s1. The van der Waals surface area contributed by atoms with E-state index in [0.29, 0.717) is 18.8 Å². The number of nitrogens with zero attached hydrogens (tertiary/aromatic N) is 2. The third-order valence-electron chi connectivity index (χ3n) is 3.63. The van der Waals surface area contributed by atoms with Crippen molar-refractivity contribution in [2.75, 3.05) is 13.1 Å². The number of carbonyl (C=O) groups excluding carboxylic acids is 1. The second-order valence-electron chi connectivity index (χ2n) is 6.50. The molecule has 5 heteroatoms. The van der Waals surface area contributed by atoms with Crippen LogP contribution in [0.4, 0.5) is 4.79 Å². The fraction of sp³-hybridized carbons (Fsp3) is 0.625. The highest BCUT2D eigenvalue weighted by Gasteiger charge is 2.30. The predicted molar refractivity (Wildman–Crippen MR) is 79.7 cm³/mol. The van der Waals surface area contributed by atoms with Crippen molar-refractivity contribution in [3.8, 4) is 0 Å². The quantitative estimate of drug-likeness (QED) is 0.910. The van der Waals surface area contributed by atoms with E-state index in [4.69, 9.17) is 4.74 Å². The minimum Gasteiger partial charge on any atom is -0.444 e. The van der Waals surface area contributed by atoms with Gasteiger partial charge in [0.25, 0.3) is 0 Å². The summed E-state index contributed by atoms with van der Waals surface area (Å²) in [7, 11) is 0. The van der Waals surface area contributed by atoms with Crippen molar-refractivity contribution in [1.29, 1.82) is 0 Å². The van der Waals surface area contributed by atoms with Gasteiger partial charge in [-0.2, -0.15) is 0 Å². The summed E-state index contributed by atoms with van der Waals surface area (Å²) >= 11 is 0. The highest BCUT2D eigenvalue weighted by Crippen LogP contribution is 2.30. The number of aromatic nitrogens is 1. The summed E-state index contributed by atoms with van der Waals surface area (Å²) in [6.07, 6.45) is 2.38. The maximum absolute atomic E-state index is 12.0. The van der Waals surface area contributed by atoms with Crippen molar-refractivity contribution in [3.63, 3.8) is 0 Å². The van der Waals surface area contributed by atoms with E-state index in [2.05, 4.69) is 4.98 Å². The summed E-state index contributed by atoms with van der Waals surface area (Å²) < 4.78 is 5.37. The summed E-state index contributed by atoms with van der Waals surface area (Å²) in [6.45, 7) is 6.82. The van der Waals surface area contributed by atoms with Crippen LogP contribution in [0.1, 0.15) is 45.4 Å². The Morgan fingerprint density at radius 1 is 1.38 bits per heavy atom. The van der Waals surface area contributed by atoms with Crippen molar-refractivity contribution in [2.45, 2.75) is 45.3 Å². The van der Waals surface area contributed by atoms with Gasteiger partial charge in [-0.25, -0.2) is 4.79 Å². The molecule has 0 saturated carbocycles. The number of rotatable bonds is 2. The van der Waals surface area contributed by atoms with E-state index in [9.17, 15) is 9.90 Å². The number of amides is 1. The molecular formula is C16H24N2O3. The van der Waals surface area contributed by atoms with Crippen LogP contribution in [0.5, 0.6) is 0 Å². The van der Waals surface area contributed by atoms with E-state index in [1.807, 2.05) is 39.0 Å². The molecule has 0 radical (unpaired) electrons. The Kier molecular flexibility index (Phi) is 4.83. The van der Waals surface area contributed by atoms with E-state index < -0.39 is 11.7 Å². The summed E-state index contributed by atoms with van der Waals surface area (Å²) in [5, 5.41) is 10.4. The number of hydrogen-bond acceptors (Lipinski definition) is 4. The van der Waals surface area contributed by atoms with Crippen LogP contribution in [0.2, 0.25) is 0 Å². The lowest BCUT2D eigenvalue weighted by atomic mass is 9.89. The average Bonchev–Trinajstić information content (AvgIpc) is 2.46. The predicted octanol–water partition coefficient (Wildman–Crippen LogP) is 2.76.